The number of halogens is 1. The lowest BCUT2D eigenvalue weighted by molar-refractivity contribution is -0.119. The highest BCUT2D eigenvalue weighted by atomic mass is 35.5. The molecule has 1 N–H and O–H groups in total. The van der Waals surface area contributed by atoms with Crippen LogP contribution < -0.4 is 10.3 Å². The van der Waals surface area contributed by atoms with E-state index in [1.54, 1.807) is 24.3 Å². The lowest BCUT2D eigenvalue weighted by Gasteiger charge is -2.23. The molecule has 1 saturated heterocycles. The maximum atomic E-state index is 12.2. The number of nitrogens with one attached hydrogen (secondary N) is 1. The number of ether oxygens (including phenoxy) is 1. The number of hydrogen-bond acceptors (Lipinski definition) is 4. The van der Waals surface area contributed by atoms with Crippen LogP contribution in [-0.2, 0) is 14.3 Å². The van der Waals surface area contributed by atoms with Crippen molar-refractivity contribution in [3.05, 3.63) is 29.3 Å². The first-order valence-corrected chi connectivity index (χ1v) is 8.07. The quantitative estimate of drug-likeness (QED) is 0.916. The lowest BCUT2D eigenvalue weighted by Crippen LogP contribution is -2.41. The average Bonchev–Trinajstić information content (AvgIpc) is 3.07. The van der Waals surface area contributed by atoms with Gasteiger partial charge in [0.25, 0.3) is 5.91 Å². The topological polar surface area (TPSA) is 71.0 Å². The smallest absolute Gasteiger partial charge is 0.267 e. The Morgan fingerprint density at radius 2 is 2.13 bits per heavy atom. The maximum absolute atomic E-state index is 12.2. The Morgan fingerprint density at radius 1 is 1.35 bits per heavy atom. The third-order valence-electron chi connectivity index (χ3n) is 3.88. The molecule has 0 radical (unpaired) electrons. The number of amides is 2. The van der Waals surface area contributed by atoms with E-state index in [0.29, 0.717) is 29.4 Å². The molecule has 2 heterocycles. The minimum absolute atomic E-state index is 0.0807. The SMILES string of the molecule is O=C(NC[C@@H]1CCCO1)C1=NN(c2ccc(Cl)cc2)C(=O)CC1. The summed E-state index contributed by atoms with van der Waals surface area (Å²) in [5.74, 6) is -0.380. The van der Waals surface area contributed by atoms with Crippen molar-refractivity contribution in [2.75, 3.05) is 18.2 Å². The Kier molecular flexibility index (Phi) is 4.93. The number of carbonyl (C=O) groups excluding carboxylic acids is 2. The highest BCUT2D eigenvalue weighted by Crippen LogP contribution is 2.22. The normalized spacial score (nSPS) is 21.3. The van der Waals surface area contributed by atoms with Gasteiger partial charge in [0, 0.05) is 31.0 Å². The van der Waals surface area contributed by atoms with Crippen LogP contribution in [0, 0.1) is 0 Å². The standard InChI is InChI=1S/C16H18ClN3O3/c17-11-3-5-12(6-4-11)20-15(21)8-7-14(19-20)16(22)18-10-13-2-1-9-23-13/h3-6,13H,1-2,7-10H2,(H,18,22)/t13-/m0/s1. The van der Waals surface area contributed by atoms with Gasteiger partial charge in [-0.05, 0) is 37.1 Å². The van der Waals surface area contributed by atoms with E-state index >= 15 is 0 Å². The predicted octanol–water partition coefficient (Wildman–Crippen LogP) is 2.12. The van der Waals surface area contributed by atoms with Gasteiger partial charge < -0.3 is 10.1 Å². The molecule has 3 rings (SSSR count). The van der Waals surface area contributed by atoms with Gasteiger partial charge in [-0.2, -0.15) is 5.10 Å². The van der Waals surface area contributed by atoms with Crippen LogP contribution in [0.25, 0.3) is 0 Å². The van der Waals surface area contributed by atoms with Crippen LogP contribution in [0.4, 0.5) is 5.69 Å². The van der Waals surface area contributed by atoms with Crippen LogP contribution in [0.5, 0.6) is 0 Å². The summed E-state index contributed by atoms with van der Waals surface area (Å²) >= 11 is 5.85. The average molecular weight is 336 g/mol. The molecule has 6 nitrogen and oxygen atoms in total. The maximum Gasteiger partial charge on any atom is 0.267 e. The van der Waals surface area contributed by atoms with Crippen molar-refractivity contribution in [2.45, 2.75) is 31.8 Å². The fourth-order valence-corrected chi connectivity index (χ4v) is 2.74. The fourth-order valence-electron chi connectivity index (χ4n) is 2.61. The van der Waals surface area contributed by atoms with Crippen LogP contribution in [0.2, 0.25) is 5.02 Å². The van der Waals surface area contributed by atoms with Gasteiger partial charge in [0.1, 0.15) is 5.71 Å². The zero-order chi connectivity index (χ0) is 16.2. The molecule has 0 saturated carbocycles. The molecule has 0 aliphatic carbocycles. The van der Waals surface area contributed by atoms with Crippen LogP contribution in [0.3, 0.4) is 0 Å². The summed E-state index contributed by atoms with van der Waals surface area (Å²) in [5, 5.41) is 8.89. The van der Waals surface area contributed by atoms with Gasteiger partial charge >= 0.3 is 0 Å². The third kappa shape index (κ3) is 3.89. The van der Waals surface area contributed by atoms with Crippen LogP contribution in [-0.4, -0.2) is 36.8 Å². The van der Waals surface area contributed by atoms with E-state index in [4.69, 9.17) is 16.3 Å². The van der Waals surface area contributed by atoms with E-state index in [-0.39, 0.29) is 24.3 Å². The third-order valence-corrected chi connectivity index (χ3v) is 4.13. The van der Waals surface area contributed by atoms with Crippen molar-refractivity contribution in [3.8, 4) is 0 Å². The summed E-state index contributed by atoms with van der Waals surface area (Å²) in [7, 11) is 0. The Morgan fingerprint density at radius 3 is 2.83 bits per heavy atom. The van der Waals surface area contributed by atoms with E-state index in [0.717, 1.165) is 19.4 Å². The highest BCUT2D eigenvalue weighted by Gasteiger charge is 2.26. The number of hydrogen-bond donors (Lipinski definition) is 1. The number of nitrogens with zero attached hydrogens (tertiary/aromatic N) is 2. The molecule has 2 aliphatic rings. The number of hydrazone groups is 1. The zero-order valence-electron chi connectivity index (χ0n) is 12.6. The van der Waals surface area contributed by atoms with Crippen LogP contribution in [0.1, 0.15) is 25.7 Å². The summed E-state index contributed by atoms with van der Waals surface area (Å²) in [6, 6.07) is 6.78. The molecule has 23 heavy (non-hydrogen) atoms. The Bertz CT molecular complexity index is 624. The summed E-state index contributed by atoms with van der Waals surface area (Å²) < 4.78 is 5.48. The first-order chi connectivity index (χ1) is 11.1. The van der Waals surface area contributed by atoms with E-state index in [2.05, 4.69) is 10.4 Å². The van der Waals surface area contributed by atoms with Gasteiger partial charge in [0.15, 0.2) is 0 Å². The second kappa shape index (κ2) is 7.10. The van der Waals surface area contributed by atoms with E-state index < -0.39 is 0 Å². The Balaban J connectivity index is 1.68. The Labute approximate surface area is 139 Å². The molecule has 0 unspecified atom stereocenters. The minimum atomic E-state index is -0.244. The molecule has 1 aromatic carbocycles. The molecular formula is C16H18ClN3O3. The number of carbonyl (C=O) groups is 2. The van der Waals surface area contributed by atoms with E-state index in [1.165, 1.54) is 5.01 Å². The molecule has 0 spiro atoms. The van der Waals surface area contributed by atoms with Gasteiger partial charge in [-0.15, -0.1) is 0 Å². The van der Waals surface area contributed by atoms with E-state index in [9.17, 15) is 9.59 Å². The molecule has 122 valence electrons. The second-order valence-electron chi connectivity index (χ2n) is 5.57. The predicted molar refractivity (Wildman–Crippen MR) is 87.6 cm³/mol. The van der Waals surface area contributed by atoms with Crippen molar-refractivity contribution < 1.29 is 14.3 Å². The molecular weight excluding hydrogens is 318 g/mol. The number of benzene rings is 1. The van der Waals surface area contributed by atoms with Gasteiger partial charge in [-0.1, -0.05) is 11.6 Å². The summed E-state index contributed by atoms with van der Waals surface area (Å²) in [6.07, 6.45) is 2.68. The number of anilines is 1. The Hall–Kier alpha value is -1.92. The molecule has 1 aromatic rings. The lowest BCUT2D eigenvalue weighted by atomic mass is 10.1. The summed E-state index contributed by atoms with van der Waals surface area (Å²) in [5.41, 5.74) is 0.959. The molecule has 2 aliphatic heterocycles. The molecule has 1 fully saturated rings. The fraction of sp³-hybridized carbons (Fsp3) is 0.438. The molecule has 2 amide bonds. The molecule has 0 bridgehead atoms. The highest BCUT2D eigenvalue weighted by molar-refractivity contribution is 6.40. The van der Waals surface area contributed by atoms with E-state index in [1.807, 2.05) is 0 Å². The van der Waals surface area contributed by atoms with Crippen molar-refractivity contribution in [1.29, 1.82) is 0 Å². The van der Waals surface area contributed by atoms with Gasteiger partial charge in [-0.25, -0.2) is 5.01 Å². The first-order valence-electron chi connectivity index (χ1n) is 7.69. The van der Waals surface area contributed by atoms with Crippen molar-refractivity contribution in [2.24, 2.45) is 5.10 Å². The van der Waals surface area contributed by atoms with Crippen LogP contribution in [0.15, 0.2) is 29.4 Å². The monoisotopic (exact) mass is 335 g/mol. The second-order valence-corrected chi connectivity index (χ2v) is 6.01. The van der Waals surface area contributed by atoms with Crippen molar-refractivity contribution in [1.82, 2.24) is 5.32 Å². The van der Waals surface area contributed by atoms with Crippen molar-refractivity contribution >= 4 is 34.8 Å². The molecule has 7 heteroatoms. The first kappa shape index (κ1) is 16.0. The summed E-state index contributed by atoms with van der Waals surface area (Å²) in [6.45, 7) is 1.23. The van der Waals surface area contributed by atoms with Gasteiger partial charge in [-0.3, -0.25) is 9.59 Å². The van der Waals surface area contributed by atoms with Crippen LogP contribution >= 0.6 is 11.6 Å². The molecule has 1 atom stereocenters. The van der Waals surface area contributed by atoms with Gasteiger partial charge in [0.05, 0.1) is 11.8 Å². The molecule has 0 aromatic heterocycles. The zero-order valence-corrected chi connectivity index (χ0v) is 13.4. The van der Waals surface area contributed by atoms with Crippen molar-refractivity contribution in [3.63, 3.8) is 0 Å². The summed E-state index contributed by atoms with van der Waals surface area (Å²) in [4.78, 5) is 24.3. The number of rotatable bonds is 4. The largest absolute Gasteiger partial charge is 0.376 e. The minimum Gasteiger partial charge on any atom is -0.376 e. The van der Waals surface area contributed by atoms with Gasteiger partial charge in [0.2, 0.25) is 5.91 Å².